The van der Waals surface area contributed by atoms with Crippen molar-refractivity contribution in [1.29, 1.82) is 0 Å². The number of sulfonamides is 1. The van der Waals surface area contributed by atoms with Crippen LogP contribution in [0.15, 0.2) is 41.3 Å². The highest BCUT2D eigenvalue weighted by molar-refractivity contribution is 7.89. The van der Waals surface area contributed by atoms with Gasteiger partial charge in [0, 0.05) is 36.9 Å². The topological polar surface area (TPSA) is 69.7 Å². The van der Waals surface area contributed by atoms with Crippen LogP contribution in [0.2, 0.25) is 0 Å². The molecule has 1 unspecified atom stereocenters. The predicted molar refractivity (Wildman–Crippen MR) is 119 cm³/mol. The van der Waals surface area contributed by atoms with E-state index in [4.69, 9.17) is 0 Å². The molecule has 172 valence electrons. The molecule has 0 saturated carbocycles. The summed E-state index contributed by atoms with van der Waals surface area (Å²) in [4.78, 5) is 14.4. The molecule has 1 N–H and O–H groups in total. The normalized spacial score (nSPS) is 19.8. The van der Waals surface area contributed by atoms with E-state index in [1.54, 1.807) is 4.90 Å². The van der Waals surface area contributed by atoms with Crippen LogP contribution in [0.1, 0.15) is 49.4 Å². The molecule has 2 aromatic carbocycles. The van der Waals surface area contributed by atoms with Crippen LogP contribution in [0.4, 0.5) is 20.2 Å². The predicted octanol–water partition coefficient (Wildman–Crippen LogP) is 4.38. The molecular formula is C23H27F2N3O3S. The zero-order chi connectivity index (χ0) is 22.9. The zero-order valence-electron chi connectivity index (χ0n) is 18.0. The van der Waals surface area contributed by atoms with Crippen molar-refractivity contribution in [2.24, 2.45) is 0 Å². The molecule has 2 saturated heterocycles. The van der Waals surface area contributed by atoms with Gasteiger partial charge in [-0.1, -0.05) is 12.5 Å². The molecule has 0 aliphatic carbocycles. The van der Waals surface area contributed by atoms with Crippen molar-refractivity contribution in [3.05, 3.63) is 53.6 Å². The van der Waals surface area contributed by atoms with Crippen molar-refractivity contribution in [2.75, 3.05) is 29.9 Å². The summed E-state index contributed by atoms with van der Waals surface area (Å²) >= 11 is 0. The fourth-order valence-corrected chi connectivity index (χ4v) is 6.19. The van der Waals surface area contributed by atoms with Gasteiger partial charge in [-0.2, -0.15) is 4.31 Å². The number of rotatable bonds is 5. The molecule has 32 heavy (non-hydrogen) atoms. The summed E-state index contributed by atoms with van der Waals surface area (Å²) in [5, 5.41) is 2.48. The van der Waals surface area contributed by atoms with Crippen molar-refractivity contribution in [3.8, 4) is 0 Å². The second-order valence-corrected chi connectivity index (χ2v) is 10.3. The number of piperidine rings is 1. The van der Waals surface area contributed by atoms with Crippen molar-refractivity contribution < 1.29 is 22.0 Å². The summed E-state index contributed by atoms with van der Waals surface area (Å²) in [5.74, 6) is -2.11. The van der Waals surface area contributed by atoms with Gasteiger partial charge in [0.05, 0.1) is 4.90 Å². The van der Waals surface area contributed by atoms with E-state index >= 15 is 0 Å². The standard InChI is InChI=1S/C23H27F2N3O3S/c1-16-7-2-3-12-28(16)32(30,31)19-9-6-8-17(13-19)23(29)26-18-14-20(24)22(21(25)15-18)27-10-4-5-11-27/h6,8-9,13-16H,2-5,7,10-12H2,1H3,(H,26,29). The van der Waals surface area contributed by atoms with Gasteiger partial charge in [0.25, 0.3) is 5.91 Å². The Hall–Kier alpha value is -2.52. The zero-order valence-corrected chi connectivity index (χ0v) is 18.8. The van der Waals surface area contributed by atoms with E-state index in [9.17, 15) is 22.0 Å². The molecule has 9 heteroatoms. The summed E-state index contributed by atoms with van der Waals surface area (Å²) in [6, 6.07) is 7.80. The van der Waals surface area contributed by atoms with Gasteiger partial charge in [0.1, 0.15) is 5.69 Å². The van der Waals surface area contributed by atoms with Crippen molar-refractivity contribution in [2.45, 2.75) is 50.0 Å². The van der Waals surface area contributed by atoms with Crippen molar-refractivity contribution in [1.82, 2.24) is 4.31 Å². The van der Waals surface area contributed by atoms with Gasteiger partial charge in [-0.25, -0.2) is 17.2 Å². The molecule has 2 heterocycles. The van der Waals surface area contributed by atoms with Crippen LogP contribution in [0.3, 0.4) is 0 Å². The minimum Gasteiger partial charge on any atom is -0.367 e. The lowest BCUT2D eigenvalue weighted by Gasteiger charge is -2.32. The smallest absolute Gasteiger partial charge is 0.255 e. The van der Waals surface area contributed by atoms with E-state index < -0.39 is 27.6 Å². The molecule has 4 rings (SSSR count). The average Bonchev–Trinajstić information content (AvgIpc) is 3.28. The number of nitrogens with one attached hydrogen (secondary N) is 1. The molecule has 2 fully saturated rings. The van der Waals surface area contributed by atoms with Crippen LogP contribution in [0.25, 0.3) is 0 Å². The number of benzene rings is 2. The lowest BCUT2D eigenvalue weighted by molar-refractivity contribution is 0.102. The Labute approximate surface area is 187 Å². The fraction of sp³-hybridized carbons (Fsp3) is 0.435. The van der Waals surface area contributed by atoms with Crippen molar-refractivity contribution >= 4 is 27.3 Å². The third-order valence-corrected chi connectivity index (χ3v) is 8.15. The Balaban J connectivity index is 1.54. The molecule has 0 radical (unpaired) electrons. The Morgan fingerprint density at radius 2 is 1.66 bits per heavy atom. The first-order valence-corrected chi connectivity index (χ1v) is 12.4. The first kappa shape index (κ1) is 22.7. The molecule has 1 amide bonds. The van der Waals surface area contributed by atoms with Crippen LogP contribution in [-0.4, -0.2) is 44.3 Å². The molecule has 2 aliphatic heterocycles. The summed E-state index contributed by atoms with van der Waals surface area (Å²) in [5.41, 5.74) is -0.00438. The van der Waals surface area contributed by atoms with E-state index in [0.717, 1.165) is 44.2 Å². The van der Waals surface area contributed by atoms with E-state index in [-0.39, 0.29) is 27.9 Å². The lowest BCUT2D eigenvalue weighted by atomic mass is 10.1. The van der Waals surface area contributed by atoms with Gasteiger partial charge in [0.15, 0.2) is 11.6 Å². The maximum Gasteiger partial charge on any atom is 0.255 e. The van der Waals surface area contributed by atoms with Crippen LogP contribution < -0.4 is 10.2 Å². The maximum atomic E-state index is 14.6. The second kappa shape index (κ2) is 9.15. The number of carbonyl (C=O) groups is 1. The lowest BCUT2D eigenvalue weighted by Crippen LogP contribution is -2.41. The molecule has 6 nitrogen and oxygen atoms in total. The van der Waals surface area contributed by atoms with E-state index in [0.29, 0.717) is 19.6 Å². The third kappa shape index (κ3) is 4.49. The van der Waals surface area contributed by atoms with Crippen molar-refractivity contribution in [3.63, 3.8) is 0 Å². The van der Waals surface area contributed by atoms with Gasteiger partial charge >= 0.3 is 0 Å². The van der Waals surface area contributed by atoms with Gasteiger partial charge < -0.3 is 10.2 Å². The number of anilines is 2. The van der Waals surface area contributed by atoms with Crippen LogP contribution >= 0.6 is 0 Å². The second-order valence-electron chi connectivity index (χ2n) is 8.43. The van der Waals surface area contributed by atoms with Gasteiger partial charge in [0.2, 0.25) is 10.0 Å². The highest BCUT2D eigenvalue weighted by atomic mass is 32.2. The van der Waals surface area contributed by atoms with Crippen LogP contribution in [-0.2, 0) is 10.0 Å². The highest BCUT2D eigenvalue weighted by Crippen LogP contribution is 2.30. The Kier molecular flexibility index (Phi) is 6.48. The first-order valence-electron chi connectivity index (χ1n) is 10.9. The maximum absolute atomic E-state index is 14.6. The number of carbonyl (C=O) groups excluding carboxylic acids is 1. The minimum atomic E-state index is -3.74. The number of nitrogens with zero attached hydrogens (tertiary/aromatic N) is 2. The Bertz CT molecular complexity index is 1090. The summed E-state index contributed by atoms with van der Waals surface area (Å²) < 4.78 is 56.7. The molecule has 0 spiro atoms. The molecule has 0 bridgehead atoms. The van der Waals surface area contributed by atoms with Crippen LogP contribution in [0.5, 0.6) is 0 Å². The number of amides is 1. The third-order valence-electron chi connectivity index (χ3n) is 6.14. The first-order chi connectivity index (χ1) is 15.3. The molecular weight excluding hydrogens is 436 g/mol. The average molecular weight is 464 g/mol. The number of halogens is 2. The summed E-state index contributed by atoms with van der Waals surface area (Å²) in [7, 11) is -3.74. The van der Waals surface area contributed by atoms with Gasteiger partial charge in [-0.05, 0) is 62.9 Å². The molecule has 0 aromatic heterocycles. The van der Waals surface area contributed by atoms with Gasteiger partial charge in [-0.15, -0.1) is 0 Å². The van der Waals surface area contributed by atoms with E-state index in [2.05, 4.69) is 5.32 Å². The van der Waals surface area contributed by atoms with Gasteiger partial charge in [-0.3, -0.25) is 4.79 Å². The van der Waals surface area contributed by atoms with Crippen LogP contribution in [0, 0.1) is 11.6 Å². The largest absolute Gasteiger partial charge is 0.367 e. The molecule has 1 atom stereocenters. The summed E-state index contributed by atoms with van der Waals surface area (Å²) in [6.07, 6.45) is 4.34. The Morgan fingerprint density at radius 1 is 1.00 bits per heavy atom. The Morgan fingerprint density at radius 3 is 2.31 bits per heavy atom. The van der Waals surface area contributed by atoms with E-state index in [1.165, 1.54) is 28.6 Å². The quantitative estimate of drug-likeness (QED) is 0.715. The minimum absolute atomic E-state index is 0.0224. The van der Waals surface area contributed by atoms with E-state index in [1.807, 2.05) is 6.92 Å². The molecule has 2 aliphatic rings. The highest BCUT2D eigenvalue weighted by Gasteiger charge is 2.31. The number of hydrogen-bond acceptors (Lipinski definition) is 4. The SMILES string of the molecule is CC1CCCCN1S(=O)(=O)c1cccc(C(=O)Nc2cc(F)c(N3CCCC3)c(F)c2)c1. The molecule has 2 aromatic rings. The summed E-state index contributed by atoms with van der Waals surface area (Å²) in [6.45, 7) is 3.51. The number of hydrogen-bond donors (Lipinski definition) is 1. The fourth-order valence-electron chi connectivity index (χ4n) is 4.45. The monoisotopic (exact) mass is 463 g/mol.